The maximum Gasteiger partial charge on any atom is 0.126 e. The number of nitrogens with one attached hydrogen (secondary N) is 1. The van der Waals surface area contributed by atoms with Gasteiger partial charge in [-0.1, -0.05) is 13.8 Å². The van der Waals surface area contributed by atoms with Crippen molar-refractivity contribution >= 4 is 0 Å². The Labute approximate surface area is 129 Å². The lowest BCUT2D eigenvalue weighted by atomic mass is 10.1. The maximum atomic E-state index is 13.2. The third-order valence-corrected chi connectivity index (χ3v) is 3.71. The summed E-state index contributed by atoms with van der Waals surface area (Å²) < 4.78 is 31.9. The summed E-state index contributed by atoms with van der Waals surface area (Å²) in [4.78, 5) is 2.28. The van der Waals surface area contributed by atoms with Crippen LogP contribution in [0.1, 0.15) is 31.2 Å². The zero-order valence-corrected chi connectivity index (χ0v) is 13.0. The lowest BCUT2D eigenvalue weighted by molar-refractivity contribution is 0.188. The van der Waals surface area contributed by atoms with Crippen molar-refractivity contribution in [3.63, 3.8) is 0 Å². The molecule has 1 atom stereocenters. The molecule has 0 spiro atoms. The number of hydrogen-bond donors (Lipinski definition) is 1. The molecule has 3 nitrogen and oxygen atoms in total. The van der Waals surface area contributed by atoms with Crippen molar-refractivity contribution < 1.29 is 13.2 Å². The van der Waals surface area contributed by atoms with Gasteiger partial charge in [-0.05, 0) is 42.9 Å². The van der Waals surface area contributed by atoms with Crippen molar-refractivity contribution in [3.05, 3.63) is 59.6 Å². The molecule has 2 aromatic rings. The SMILES string of the molecule is CCN(CC)[C@@H](CNCc1cc(F)cc(F)c1)c1ccco1. The third-order valence-electron chi connectivity index (χ3n) is 3.71. The van der Waals surface area contributed by atoms with Crippen LogP contribution < -0.4 is 5.32 Å². The summed E-state index contributed by atoms with van der Waals surface area (Å²) in [5.74, 6) is -0.215. The third kappa shape index (κ3) is 4.39. The predicted octanol–water partition coefficient (Wildman–Crippen LogP) is 3.73. The highest BCUT2D eigenvalue weighted by atomic mass is 19.1. The van der Waals surface area contributed by atoms with Gasteiger partial charge in [0.05, 0.1) is 12.3 Å². The van der Waals surface area contributed by atoms with Crippen LogP contribution in [-0.4, -0.2) is 24.5 Å². The van der Waals surface area contributed by atoms with Gasteiger partial charge in [0.15, 0.2) is 0 Å². The van der Waals surface area contributed by atoms with Crippen LogP contribution in [0, 0.1) is 11.6 Å². The van der Waals surface area contributed by atoms with Gasteiger partial charge in [0.2, 0.25) is 0 Å². The molecule has 0 amide bonds. The van der Waals surface area contributed by atoms with E-state index in [1.807, 2.05) is 12.1 Å². The first-order valence-corrected chi connectivity index (χ1v) is 7.57. The molecule has 0 unspecified atom stereocenters. The van der Waals surface area contributed by atoms with Gasteiger partial charge < -0.3 is 9.73 Å². The molecule has 0 saturated carbocycles. The Bertz CT molecular complexity index is 548. The van der Waals surface area contributed by atoms with E-state index in [9.17, 15) is 8.78 Å². The molecular weight excluding hydrogens is 286 g/mol. The number of nitrogens with zero attached hydrogens (tertiary/aromatic N) is 1. The molecule has 22 heavy (non-hydrogen) atoms. The van der Waals surface area contributed by atoms with Crippen LogP contribution >= 0.6 is 0 Å². The Hall–Kier alpha value is -1.72. The highest BCUT2D eigenvalue weighted by Crippen LogP contribution is 2.20. The van der Waals surface area contributed by atoms with E-state index < -0.39 is 11.6 Å². The Kier molecular flexibility index (Phi) is 6.10. The van der Waals surface area contributed by atoms with Crippen LogP contribution in [0.3, 0.4) is 0 Å². The van der Waals surface area contributed by atoms with E-state index in [4.69, 9.17) is 4.42 Å². The van der Waals surface area contributed by atoms with Gasteiger partial charge in [0, 0.05) is 19.2 Å². The van der Waals surface area contributed by atoms with E-state index in [1.54, 1.807) is 6.26 Å². The van der Waals surface area contributed by atoms with Crippen LogP contribution in [0.4, 0.5) is 8.78 Å². The Morgan fingerprint density at radius 2 is 1.82 bits per heavy atom. The van der Waals surface area contributed by atoms with Crippen LogP contribution in [-0.2, 0) is 6.54 Å². The first-order chi connectivity index (χ1) is 10.6. The van der Waals surface area contributed by atoms with Gasteiger partial charge in [0.1, 0.15) is 17.4 Å². The second-order valence-electron chi connectivity index (χ2n) is 5.16. The minimum absolute atomic E-state index is 0.100. The van der Waals surface area contributed by atoms with E-state index >= 15 is 0 Å². The van der Waals surface area contributed by atoms with Gasteiger partial charge in [-0.15, -0.1) is 0 Å². The number of halogens is 2. The molecule has 0 aliphatic heterocycles. The summed E-state index contributed by atoms with van der Waals surface area (Å²) in [6, 6.07) is 7.49. The summed E-state index contributed by atoms with van der Waals surface area (Å²) in [5.41, 5.74) is 0.593. The molecule has 0 aliphatic rings. The lowest BCUT2D eigenvalue weighted by Crippen LogP contribution is -2.35. The van der Waals surface area contributed by atoms with Crippen LogP contribution in [0.15, 0.2) is 41.0 Å². The smallest absolute Gasteiger partial charge is 0.126 e. The highest BCUT2D eigenvalue weighted by molar-refractivity contribution is 5.17. The zero-order chi connectivity index (χ0) is 15.9. The average molecular weight is 308 g/mol. The van der Waals surface area contributed by atoms with Gasteiger partial charge in [-0.3, -0.25) is 4.90 Å². The van der Waals surface area contributed by atoms with Gasteiger partial charge in [-0.25, -0.2) is 8.78 Å². The molecule has 1 heterocycles. The van der Waals surface area contributed by atoms with Crippen molar-refractivity contribution in [2.45, 2.75) is 26.4 Å². The molecule has 2 rings (SSSR count). The first kappa shape index (κ1) is 16.6. The fourth-order valence-corrected chi connectivity index (χ4v) is 2.62. The molecule has 0 saturated heterocycles. The van der Waals surface area contributed by atoms with E-state index in [2.05, 4.69) is 24.1 Å². The molecule has 1 aromatic carbocycles. The van der Waals surface area contributed by atoms with Crippen molar-refractivity contribution in [2.75, 3.05) is 19.6 Å². The van der Waals surface area contributed by atoms with Crippen molar-refractivity contribution in [1.29, 1.82) is 0 Å². The van der Waals surface area contributed by atoms with Gasteiger partial charge in [0.25, 0.3) is 0 Å². The maximum absolute atomic E-state index is 13.2. The fraction of sp³-hybridized carbons (Fsp3) is 0.412. The minimum Gasteiger partial charge on any atom is -0.468 e. The monoisotopic (exact) mass is 308 g/mol. The quantitative estimate of drug-likeness (QED) is 0.805. The summed E-state index contributed by atoms with van der Waals surface area (Å²) in [6.45, 7) is 7.06. The standard InChI is InChI=1S/C17H22F2N2O/c1-3-21(4-2)16(17-6-5-7-22-17)12-20-11-13-8-14(18)10-15(19)9-13/h5-10,16,20H,3-4,11-12H2,1-2H3/t16-/m0/s1. The fourth-order valence-electron chi connectivity index (χ4n) is 2.62. The van der Waals surface area contributed by atoms with E-state index in [-0.39, 0.29) is 6.04 Å². The Morgan fingerprint density at radius 3 is 2.36 bits per heavy atom. The molecular formula is C17H22F2N2O. The summed E-state index contributed by atoms with van der Waals surface area (Å²) in [7, 11) is 0. The minimum atomic E-state index is -0.553. The zero-order valence-electron chi connectivity index (χ0n) is 13.0. The van der Waals surface area contributed by atoms with E-state index in [1.165, 1.54) is 12.1 Å². The molecule has 5 heteroatoms. The largest absolute Gasteiger partial charge is 0.468 e. The number of hydrogen-bond acceptors (Lipinski definition) is 3. The van der Waals surface area contributed by atoms with E-state index in [0.717, 1.165) is 24.9 Å². The second-order valence-corrected chi connectivity index (χ2v) is 5.16. The molecule has 0 radical (unpaired) electrons. The van der Waals surface area contributed by atoms with Crippen molar-refractivity contribution in [1.82, 2.24) is 10.2 Å². The van der Waals surface area contributed by atoms with Crippen LogP contribution in [0.5, 0.6) is 0 Å². The highest BCUT2D eigenvalue weighted by Gasteiger charge is 2.20. The normalized spacial score (nSPS) is 12.8. The second kappa shape index (κ2) is 8.06. The number of likely N-dealkylation sites (N-methyl/N-ethyl adjacent to an activating group) is 1. The molecule has 0 fully saturated rings. The molecule has 1 N–H and O–H groups in total. The summed E-state index contributed by atoms with van der Waals surface area (Å²) >= 11 is 0. The molecule has 0 bridgehead atoms. The van der Waals surface area contributed by atoms with Crippen LogP contribution in [0.2, 0.25) is 0 Å². The topological polar surface area (TPSA) is 28.4 Å². The number of benzene rings is 1. The molecule has 1 aromatic heterocycles. The Morgan fingerprint density at radius 1 is 1.14 bits per heavy atom. The summed E-state index contributed by atoms with van der Waals surface area (Å²) in [5, 5.41) is 3.26. The van der Waals surface area contributed by atoms with Crippen molar-refractivity contribution in [3.8, 4) is 0 Å². The molecule has 0 aliphatic carbocycles. The first-order valence-electron chi connectivity index (χ1n) is 7.57. The predicted molar refractivity (Wildman–Crippen MR) is 82.4 cm³/mol. The van der Waals surface area contributed by atoms with E-state index in [0.29, 0.717) is 18.7 Å². The lowest BCUT2D eigenvalue weighted by Gasteiger charge is -2.28. The average Bonchev–Trinajstić information content (AvgIpc) is 2.99. The van der Waals surface area contributed by atoms with Gasteiger partial charge >= 0.3 is 0 Å². The summed E-state index contributed by atoms with van der Waals surface area (Å²) in [6.07, 6.45) is 1.66. The van der Waals surface area contributed by atoms with Gasteiger partial charge in [-0.2, -0.15) is 0 Å². The van der Waals surface area contributed by atoms with Crippen LogP contribution in [0.25, 0.3) is 0 Å². The molecule has 120 valence electrons. The number of rotatable bonds is 8. The Balaban J connectivity index is 1.99. The number of furan rings is 1. The van der Waals surface area contributed by atoms with Crippen molar-refractivity contribution in [2.24, 2.45) is 0 Å².